The first-order valence-electron chi connectivity index (χ1n) is 6.44. The number of methoxy groups -OCH3 is 1. The maximum atomic E-state index is 11.3. The molecule has 17 heavy (non-hydrogen) atoms. The monoisotopic (exact) mass is 241 g/mol. The molecule has 3 aliphatic rings. The summed E-state index contributed by atoms with van der Waals surface area (Å²) in [6.07, 6.45) is 4.68. The van der Waals surface area contributed by atoms with E-state index in [-0.39, 0.29) is 23.0 Å². The van der Waals surface area contributed by atoms with Crippen molar-refractivity contribution in [3.63, 3.8) is 0 Å². The van der Waals surface area contributed by atoms with Gasteiger partial charge in [-0.3, -0.25) is 4.79 Å². The highest BCUT2D eigenvalue weighted by atomic mass is 16.5. The Morgan fingerprint density at radius 1 is 1.41 bits per heavy atom. The van der Waals surface area contributed by atoms with E-state index in [1.54, 1.807) is 0 Å². The van der Waals surface area contributed by atoms with Gasteiger partial charge in [0.2, 0.25) is 0 Å². The van der Waals surface area contributed by atoms with Crippen LogP contribution in [-0.4, -0.2) is 37.9 Å². The Morgan fingerprint density at radius 3 is 2.53 bits per heavy atom. The van der Waals surface area contributed by atoms with Crippen LogP contribution in [0.4, 0.5) is 0 Å². The fraction of sp³-hybridized carbons (Fsp3) is 0.923. The number of hydrogen-bond acceptors (Lipinski definition) is 4. The first kappa shape index (κ1) is 12.8. The number of carbonyl (C=O) groups excluding carboxylic acids is 1. The molecule has 0 radical (unpaired) electrons. The lowest BCUT2D eigenvalue weighted by molar-refractivity contribution is -0.173. The van der Waals surface area contributed by atoms with E-state index >= 15 is 0 Å². The maximum Gasteiger partial charge on any atom is 0.322 e. The van der Waals surface area contributed by atoms with Gasteiger partial charge in [0.05, 0.1) is 19.3 Å². The lowest BCUT2D eigenvalue weighted by atomic mass is 9.66. The average molecular weight is 241 g/mol. The van der Waals surface area contributed by atoms with Gasteiger partial charge in [-0.2, -0.15) is 0 Å². The van der Waals surface area contributed by atoms with Crippen molar-refractivity contribution in [1.29, 1.82) is 0 Å². The van der Waals surface area contributed by atoms with Gasteiger partial charge in [-0.05, 0) is 39.5 Å². The van der Waals surface area contributed by atoms with Gasteiger partial charge in [-0.1, -0.05) is 0 Å². The molecule has 2 bridgehead atoms. The van der Waals surface area contributed by atoms with E-state index in [1.165, 1.54) is 20.0 Å². The number of esters is 1. The van der Waals surface area contributed by atoms with Crippen LogP contribution >= 0.6 is 0 Å². The van der Waals surface area contributed by atoms with Crippen molar-refractivity contribution in [2.75, 3.05) is 20.3 Å². The van der Waals surface area contributed by atoms with Crippen molar-refractivity contribution in [2.24, 2.45) is 5.41 Å². The highest BCUT2D eigenvalue weighted by Crippen LogP contribution is 2.48. The summed E-state index contributed by atoms with van der Waals surface area (Å²) in [5.74, 6) is -0.196. The SMILES string of the molecule is COC(=O)C(C)NCC12CCC(C)(CC1)OC2. The largest absolute Gasteiger partial charge is 0.468 e. The summed E-state index contributed by atoms with van der Waals surface area (Å²) in [6.45, 7) is 5.73. The van der Waals surface area contributed by atoms with Crippen LogP contribution in [-0.2, 0) is 14.3 Å². The Bertz CT molecular complexity index is 279. The Morgan fingerprint density at radius 2 is 2.06 bits per heavy atom. The van der Waals surface area contributed by atoms with E-state index in [2.05, 4.69) is 12.2 Å². The second-order valence-electron chi connectivity index (χ2n) is 5.86. The minimum Gasteiger partial charge on any atom is -0.468 e. The van der Waals surface area contributed by atoms with Crippen molar-refractivity contribution < 1.29 is 14.3 Å². The number of hydrogen-bond donors (Lipinski definition) is 1. The molecule has 0 spiro atoms. The molecule has 3 fully saturated rings. The second-order valence-corrected chi connectivity index (χ2v) is 5.86. The molecule has 1 aliphatic carbocycles. The summed E-state index contributed by atoms with van der Waals surface area (Å²) in [6, 6.07) is -0.232. The molecule has 1 atom stereocenters. The third-order valence-corrected chi connectivity index (χ3v) is 4.43. The lowest BCUT2D eigenvalue weighted by Crippen LogP contribution is -2.54. The Kier molecular flexibility index (Phi) is 3.46. The van der Waals surface area contributed by atoms with E-state index < -0.39 is 0 Å². The van der Waals surface area contributed by atoms with Crippen molar-refractivity contribution in [3.8, 4) is 0 Å². The van der Waals surface area contributed by atoms with Crippen LogP contribution in [0, 0.1) is 5.41 Å². The van der Waals surface area contributed by atoms with Crippen LogP contribution in [0.15, 0.2) is 0 Å². The molecule has 1 saturated carbocycles. The Balaban J connectivity index is 1.85. The first-order chi connectivity index (χ1) is 7.99. The predicted molar refractivity (Wildman–Crippen MR) is 64.7 cm³/mol. The van der Waals surface area contributed by atoms with Gasteiger partial charge >= 0.3 is 5.97 Å². The van der Waals surface area contributed by atoms with E-state index in [0.717, 1.165) is 26.0 Å². The third kappa shape index (κ3) is 2.63. The van der Waals surface area contributed by atoms with E-state index in [4.69, 9.17) is 9.47 Å². The molecular weight excluding hydrogens is 218 g/mol. The zero-order valence-electron chi connectivity index (χ0n) is 11.0. The molecule has 0 aromatic rings. The molecule has 1 N–H and O–H groups in total. The lowest BCUT2D eigenvalue weighted by Gasteiger charge is -2.52. The predicted octanol–water partition coefficient (Wildman–Crippen LogP) is 1.49. The molecule has 0 amide bonds. The Hall–Kier alpha value is -0.610. The highest BCUT2D eigenvalue weighted by Gasteiger charge is 2.47. The van der Waals surface area contributed by atoms with Gasteiger partial charge in [0.25, 0.3) is 0 Å². The zero-order chi connectivity index (χ0) is 12.5. The number of ether oxygens (including phenoxy) is 2. The summed E-state index contributed by atoms with van der Waals surface area (Å²) in [5, 5.41) is 3.28. The summed E-state index contributed by atoms with van der Waals surface area (Å²) in [4.78, 5) is 11.3. The Labute approximate surface area is 103 Å². The molecule has 3 rings (SSSR count). The minimum atomic E-state index is -0.232. The topological polar surface area (TPSA) is 47.6 Å². The molecule has 2 aliphatic heterocycles. The van der Waals surface area contributed by atoms with Crippen LogP contribution in [0.3, 0.4) is 0 Å². The molecule has 2 heterocycles. The van der Waals surface area contributed by atoms with E-state index in [1.807, 2.05) is 6.92 Å². The minimum absolute atomic E-state index is 0.121. The van der Waals surface area contributed by atoms with Gasteiger partial charge in [-0.15, -0.1) is 0 Å². The summed E-state index contributed by atoms with van der Waals surface area (Å²) >= 11 is 0. The molecule has 1 unspecified atom stereocenters. The van der Waals surface area contributed by atoms with E-state index in [0.29, 0.717) is 0 Å². The fourth-order valence-electron chi connectivity index (χ4n) is 2.78. The molecule has 4 nitrogen and oxygen atoms in total. The normalized spacial score (nSPS) is 37.8. The van der Waals surface area contributed by atoms with Crippen LogP contribution in [0.25, 0.3) is 0 Å². The van der Waals surface area contributed by atoms with Gasteiger partial charge in [0, 0.05) is 12.0 Å². The molecule has 0 aromatic heterocycles. The van der Waals surface area contributed by atoms with Gasteiger partial charge in [-0.25, -0.2) is 0 Å². The summed E-state index contributed by atoms with van der Waals surface area (Å²) in [5.41, 5.74) is 0.357. The van der Waals surface area contributed by atoms with Crippen molar-refractivity contribution in [2.45, 2.75) is 51.2 Å². The number of nitrogens with one attached hydrogen (secondary N) is 1. The molecule has 0 aromatic carbocycles. The average Bonchev–Trinajstić information content (AvgIpc) is 2.37. The van der Waals surface area contributed by atoms with Crippen molar-refractivity contribution >= 4 is 5.97 Å². The van der Waals surface area contributed by atoms with Crippen LogP contribution in [0.2, 0.25) is 0 Å². The van der Waals surface area contributed by atoms with Crippen molar-refractivity contribution in [1.82, 2.24) is 5.32 Å². The van der Waals surface area contributed by atoms with Crippen LogP contribution in [0.5, 0.6) is 0 Å². The van der Waals surface area contributed by atoms with Crippen LogP contribution < -0.4 is 5.32 Å². The number of fused-ring (bicyclic) bond motifs is 3. The quantitative estimate of drug-likeness (QED) is 0.757. The molecular formula is C13H23NO3. The van der Waals surface area contributed by atoms with Crippen LogP contribution in [0.1, 0.15) is 39.5 Å². The van der Waals surface area contributed by atoms with E-state index in [9.17, 15) is 4.79 Å². The fourth-order valence-corrected chi connectivity index (χ4v) is 2.78. The first-order valence-corrected chi connectivity index (χ1v) is 6.44. The third-order valence-electron chi connectivity index (χ3n) is 4.43. The summed E-state index contributed by atoms with van der Waals surface area (Å²) in [7, 11) is 1.43. The summed E-state index contributed by atoms with van der Waals surface area (Å²) < 4.78 is 10.6. The smallest absolute Gasteiger partial charge is 0.322 e. The number of rotatable bonds is 4. The highest BCUT2D eigenvalue weighted by molar-refractivity contribution is 5.75. The van der Waals surface area contributed by atoms with Gasteiger partial charge < -0.3 is 14.8 Å². The molecule has 2 saturated heterocycles. The van der Waals surface area contributed by atoms with Crippen molar-refractivity contribution in [3.05, 3.63) is 0 Å². The number of carbonyl (C=O) groups is 1. The van der Waals surface area contributed by atoms with Gasteiger partial charge in [0.1, 0.15) is 6.04 Å². The second kappa shape index (κ2) is 4.58. The molecule has 98 valence electrons. The zero-order valence-corrected chi connectivity index (χ0v) is 11.0. The standard InChI is InChI=1S/C13H23NO3/c1-10(11(15)16-3)14-8-13-6-4-12(2,5-7-13)17-9-13/h10,14H,4-9H2,1-3H3. The maximum absolute atomic E-state index is 11.3. The molecule has 4 heteroatoms. The van der Waals surface area contributed by atoms with Gasteiger partial charge in [0.15, 0.2) is 0 Å².